The van der Waals surface area contributed by atoms with Gasteiger partial charge in [0, 0.05) is 30.8 Å². The minimum Gasteiger partial charge on any atom is -0.408 e. The van der Waals surface area contributed by atoms with E-state index >= 15 is 0 Å². The summed E-state index contributed by atoms with van der Waals surface area (Å²) in [6, 6.07) is 7.18. The van der Waals surface area contributed by atoms with Crippen LogP contribution in [0.1, 0.15) is 12.5 Å². The molecular weight excluding hydrogens is 316 g/mol. The van der Waals surface area contributed by atoms with E-state index in [4.69, 9.17) is 4.42 Å². The number of fused-ring (bicyclic) bond motifs is 1. The fourth-order valence-electron chi connectivity index (χ4n) is 2.39. The van der Waals surface area contributed by atoms with Gasteiger partial charge in [0.1, 0.15) is 0 Å². The smallest absolute Gasteiger partial charge is 0.408 e. The maximum atomic E-state index is 11.8. The highest BCUT2D eigenvalue weighted by molar-refractivity contribution is 7.90. The van der Waals surface area contributed by atoms with Crippen LogP contribution in [0.15, 0.2) is 45.9 Å². The lowest BCUT2D eigenvalue weighted by molar-refractivity contribution is 0.528. The lowest BCUT2D eigenvalue weighted by Crippen LogP contribution is -2.08. The number of aryl methyl sites for hydroxylation is 1. The Balaban J connectivity index is 2.05. The molecule has 0 aliphatic carbocycles. The van der Waals surface area contributed by atoms with Crippen LogP contribution in [0.25, 0.3) is 22.2 Å². The van der Waals surface area contributed by atoms with Gasteiger partial charge in [-0.2, -0.15) is 0 Å². The minimum atomic E-state index is -3.11. The molecule has 120 valence electrons. The molecule has 0 spiro atoms. The summed E-state index contributed by atoms with van der Waals surface area (Å²) in [5.41, 5.74) is 3.48. The van der Waals surface area contributed by atoms with E-state index in [9.17, 15) is 13.2 Å². The van der Waals surface area contributed by atoms with Gasteiger partial charge in [-0.05, 0) is 29.3 Å². The quantitative estimate of drug-likeness (QED) is 0.731. The normalized spacial score (nSPS) is 11.9. The molecule has 0 aliphatic heterocycles. The number of hydrogen-bond acceptors (Lipinski definition) is 5. The molecule has 0 atom stereocenters. The van der Waals surface area contributed by atoms with Crippen molar-refractivity contribution in [1.82, 2.24) is 9.55 Å². The maximum Gasteiger partial charge on any atom is 0.419 e. The average molecular weight is 332 g/mol. The molecule has 3 aromatic rings. The fraction of sp³-hybridized carbons (Fsp3) is 0.250. The van der Waals surface area contributed by atoms with E-state index in [1.54, 1.807) is 38.5 Å². The zero-order valence-electron chi connectivity index (χ0n) is 12.8. The molecule has 0 aliphatic rings. The molecule has 0 fully saturated rings. The number of rotatable bonds is 4. The van der Waals surface area contributed by atoms with Crippen LogP contribution >= 0.6 is 0 Å². The van der Waals surface area contributed by atoms with Gasteiger partial charge in [0.15, 0.2) is 15.4 Å². The number of nitrogens with zero attached hydrogens (tertiary/aromatic N) is 2. The number of hydrogen-bond donors (Lipinski definition) is 0. The predicted molar refractivity (Wildman–Crippen MR) is 87.9 cm³/mol. The Kier molecular flexibility index (Phi) is 3.81. The highest BCUT2D eigenvalue weighted by atomic mass is 32.2. The summed E-state index contributed by atoms with van der Waals surface area (Å²) < 4.78 is 30.1. The standard InChI is InChI=1S/C16H16N2O4S/c1-3-23(20,21)10-11-6-13(9-17-8-11)12-4-5-15-14(7-12)18(2)16(19)22-15/h4-9H,3,10H2,1-2H3. The summed E-state index contributed by atoms with van der Waals surface area (Å²) in [6.45, 7) is 1.62. The third kappa shape index (κ3) is 3.05. The van der Waals surface area contributed by atoms with Crippen molar-refractivity contribution in [2.24, 2.45) is 7.05 Å². The van der Waals surface area contributed by atoms with Gasteiger partial charge in [-0.15, -0.1) is 0 Å². The number of sulfone groups is 1. The van der Waals surface area contributed by atoms with Gasteiger partial charge in [0.05, 0.1) is 11.3 Å². The first kappa shape index (κ1) is 15.5. The second kappa shape index (κ2) is 5.66. The molecule has 2 aromatic heterocycles. The van der Waals surface area contributed by atoms with Crippen LogP contribution in [0.3, 0.4) is 0 Å². The Bertz CT molecular complexity index is 1030. The second-order valence-corrected chi connectivity index (χ2v) is 7.72. The molecule has 6 nitrogen and oxygen atoms in total. The molecule has 0 bridgehead atoms. The zero-order chi connectivity index (χ0) is 16.6. The third-order valence-electron chi connectivity index (χ3n) is 3.75. The SMILES string of the molecule is CCS(=O)(=O)Cc1cncc(-c2ccc3oc(=O)n(C)c3c2)c1. The molecule has 3 rings (SSSR count). The lowest BCUT2D eigenvalue weighted by Gasteiger charge is -2.06. The number of benzene rings is 1. The highest BCUT2D eigenvalue weighted by Gasteiger charge is 2.11. The van der Waals surface area contributed by atoms with Crippen molar-refractivity contribution < 1.29 is 12.8 Å². The molecule has 1 aromatic carbocycles. The van der Waals surface area contributed by atoms with E-state index in [1.165, 1.54) is 4.57 Å². The van der Waals surface area contributed by atoms with Crippen molar-refractivity contribution >= 4 is 20.9 Å². The van der Waals surface area contributed by atoms with Crippen molar-refractivity contribution in [1.29, 1.82) is 0 Å². The van der Waals surface area contributed by atoms with Gasteiger partial charge < -0.3 is 4.42 Å². The van der Waals surface area contributed by atoms with Crippen molar-refractivity contribution in [2.75, 3.05) is 5.75 Å². The van der Waals surface area contributed by atoms with Crippen LogP contribution in [0.4, 0.5) is 0 Å². The van der Waals surface area contributed by atoms with Gasteiger partial charge in [0.2, 0.25) is 0 Å². The molecule has 7 heteroatoms. The summed E-state index contributed by atoms with van der Waals surface area (Å²) >= 11 is 0. The van der Waals surface area contributed by atoms with Crippen LogP contribution in [-0.4, -0.2) is 23.7 Å². The van der Waals surface area contributed by atoms with E-state index in [2.05, 4.69) is 4.98 Å². The molecule has 0 radical (unpaired) electrons. The first-order chi connectivity index (χ1) is 10.9. The Morgan fingerprint density at radius 3 is 2.70 bits per heavy atom. The number of aromatic nitrogens is 2. The van der Waals surface area contributed by atoms with Gasteiger partial charge in [-0.1, -0.05) is 13.0 Å². The highest BCUT2D eigenvalue weighted by Crippen LogP contribution is 2.24. The Morgan fingerprint density at radius 1 is 1.17 bits per heavy atom. The second-order valence-electron chi connectivity index (χ2n) is 5.37. The average Bonchev–Trinajstić information content (AvgIpc) is 2.82. The summed E-state index contributed by atoms with van der Waals surface area (Å²) in [5, 5.41) is 0. The summed E-state index contributed by atoms with van der Waals surface area (Å²) in [4.78, 5) is 15.7. The minimum absolute atomic E-state index is 0.0310. The van der Waals surface area contributed by atoms with E-state index in [0.29, 0.717) is 16.7 Å². The summed E-state index contributed by atoms with van der Waals surface area (Å²) in [7, 11) is -1.47. The fourth-order valence-corrected chi connectivity index (χ4v) is 3.26. The van der Waals surface area contributed by atoms with Crippen LogP contribution in [0, 0.1) is 0 Å². The number of pyridine rings is 1. The van der Waals surface area contributed by atoms with Crippen LogP contribution in [-0.2, 0) is 22.6 Å². The molecule has 0 saturated heterocycles. The maximum absolute atomic E-state index is 11.8. The molecule has 2 heterocycles. The van der Waals surface area contributed by atoms with Crippen molar-refractivity contribution in [2.45, 2.75) is 12.7 Å². The van der Waals surface area contributed by atoms with Gasteiger partial charge in [-0.25, -0.2) is 13.2 Å². The van der Waals surface area contributed by atoms with Crippen molar-refractivity contribution in [3.63, 3.8) is 0 Å². The van der Waals surface area contributed by atoms with E-state index in [-0.39, 0.29) is 11.5 Å². The first-order valence-electron chi connectivity index (χ1n) is 7.14. The zero-order valence-corrected chi connectivity index (χ0v) is 13.6. The van der Waals surface area contributed by atoms with E-state index in [0.717, 1.165) is 11.1 Å². The Labute approximate surface area is 133 Å². The molecule has 0 unspecified atom stereocenters. The monoisotopic (exact) mass is 332 g/mol. The van der Waals surface area contributed by atoms with Gasteiger partial charge in [-0.3, -0.25) is 9.55 Å². The van der Waals surface area contributed by atoms with Crippen LogP contribution in [0.5, 0.6) is 0 Å². The molecule has 0 saturated carbocycles. The predicted octanol–water partition coefficient (Wildman–Crippen LogP) is 2.13. The van der Waals surface area contributed by atoms with Crippen molar-refractivity contribution in [3.05, 3.63) is 52.8 Å². The van der Waals surface area contributed by atoms with Crippen LogP contribution < -0.4 is 5.76 Å². The van der Waals surface area contributed by atoms with Crippen molar-refractivity contribution in [3.8, 4) is 11.1 Å². The molecular formula is C16H16N2O4S. The van der Waals surface area contributed by atoms with Gasteiger partial charge >= 0.3 is 5.76 Å². The third-order valence-corrected chi connectivity index (χ3v) is 5.40. The largest absolute Gasteiger partial charge is 0.419 e. The topological polar surface area (TPSA) is 82.2 Å². The molecule has 0 amide bonds. The molecule has 0 N–H and O–H groups in total. The van der Waals surface area contributed by atoms with E-state index < -0.39 is 15.6 Å². The number of oxazole rings is 1. The first-order valence-corrected chi connectivity index (χ1v) is 8.96. The van der Waals surface area contributed by atoms with Crippen LogP contribution in [0.2, 0.25) is 0 Å². The van der Waals surface area contributed by atoms with E-state index in [1.807, 2.05) is 12.1 Å². The lowest BCUT2D eigenvalue weighted by atomic mass is 10.1. The molecule has 23 heavy (non-hydrogen) atoms. The Hall–Kier alpha value is -2.41. The summed E-state index contributed by atoms with van der Waals surface area (Å²) in [5.74, 6) is -0.352. The van der Waals surface area contributed by atoms with Gasteiger partial charge in [0.25, 0.3) is 0 Å². The summed E-state index contributed by atoms with van der Waals surface area (Å²) in [6.07, 6.45) is 3.23. The Morgan fingerprint density at radius 2 is 1.96 bits per heavy atom.